The molecule has 1 heterocycles. The average Bonchev–Trinajstić information content (AvgIpc) is 2.93. The summed E-state index contributed by atoms with van der Waals surface area (Å²) in [6.45, 7) is 0. The van der Waals surface area contributed by atoms with Crippen LogP contribution in [0.5, 0.6) is 11.5 Å². The predicted molar refractivity (Wildman–Crippen MR) is 90.4 cm³/mol. The summed E-state index contributed by atoms with van der Waals surface area (Å²) in [5, 5.41) is 10.6. The number of amides is 1. The molecule has 1 aliphatic rings. The van der Waals surface area contributed by atoms with Crippen molar-refractivity contribution in [1.82, 2.24) is 5.32 Å². The molecule has 1 aromatic carbocycles. The maximum Gasteiger partial charge on any atom is 0.331 e. The maximum absolute atomic E-state index is 11.7. The standard InChI is InChI=1S/C15H15N3O5S/c1-21-10-6-4-5-9(13(10)23-3)8-16-18-15-17-14(20)11(24-15)7-12(19)22-2/h4-8H,1-3H3,(H,17,18,20)/b11-7+,16-8?. The van der Waals surface area contributed by atoms with Crippen molar-refractivity contribution in [3.63, 3.8) is 0 Å². The molecule has 0 unspecified atom stereocenters. The molecule has 1 fully saturated rings. The van der Waals surface area contributed by atoms with Crippen LogP contribution in [-0.2, 0) is 14.3 Å². The molecular formula is C15H15N3O5S. The second-order valence-corrected chi connectivity index (χ2v) is 5.35. The zero-order valence-electron chi connectivity index (χ0n) is 13.2. The van der Waals surface area contributed by atoms with Crippen LogP contribution in [0.4, 0.5) is 0 Å². The second kappa shape index (κ2) is 8.16. The number of nitrogens with zero attached hydrogens (tertiary/aromatic N) is 2. The van der Waals surface area contributed by atoms with Crippen LogP contribution in [0.1, 0.15) is 5.56 Å². The number of carbonyl (C=O) groups excluding carboxylic acids is 2. The van der Waals surface area contributed by atoms with Gasteiger partial charge in [-0.2, -0.15) is 5.10 Å². The van der Waals surface area contributed by atoms with Crippen LogP contribution in [0.15, 0.2) is 39.4 Å². The molecule has 0 saturated carbocycles. The molecule has 1 amide bonds. The lowest BCUT2D eigenvalue weighted by Crippen LogP contribution is -2.19. The van der Waals surface area contributed by atoms with Crippen LogP contribution >= 0.6 is 11.8 Å². The first-order chi connectivity index (χ1) is 11.6. The van der Waals surface area contributed by atoms with Crippen molar-refractivity contribution in [2.24, 2.45) is 10.2 Å². The van der Waals surface area contributed by atoms with Gasteiger partial charge in [0.25, 0.3) is 5.91 Å². The zero-order chi connectivity index (χ0) is 17.5. The van der Waals surface area contributed by atoms with Crippen LogP contribution in [0.25, 0.3) is 0 Å². The lowest BCUT2D eigenvalue weighted by molar-refractivity contribution is -0.135. The fourth-order valence-corrected chi connectivity index (χ4v) is 2.54. The topological polar surface area (TPSA) is 98.6 Å². The Kier molecular flexibility index (Phi) is 5.96. The molecule has 0 atom stereocenters. The number of hydrogen-bond donors (Lipinski definition) is 1. The summed E-state index contributed by atoms with van der Waals surface area (Å²) in [6.07, 6.45) is 2.57. The number of carbonyl (C=O) groups is 2. The number of hydrogen-bond acceptors (Lipinski definition) is 8. The van der Waals surface area contributed by atoms with Crippen molar-refractivity contribution in [3.8, 4) is 11.5 Å². The summed E-state index contributed by atoms with van der Waals surface area (Å²) >= 11 is 0.995. The lowest BCUT2D eigenvalue weighted by Gasteiger charge is -2.08. The van der Waals surface area contributed by atoms with Crippen molar-refractivity contribution in [2.45, 2.75) is 0 Å². The number of esters is 1. The monoisotopic (exact) mass is 349 g/mol. The van der Waals surface area contributed by atoms with Crippen molar-refractivity contribution in [3.05, 3.63) is 34.7 Å². The van der Waals surface area contributed by atoms with Crippen molar-refractivity contribution in [2.75, 3.05) is 21.3 Å². The van der Waals surface area contributed by atoms with Gasteiger partial charge >= 0.3 is 5.97 Å². The van der Waals surface area contributed by atoms with Gasteiger partial charge in [-0.1, -0.05) is 6.07 Å². The molecule has 0 radical (unpaired) electrons. The summed E-state index contributed by atoms with van der Waals surface area (Å²) < 4.78 is 15.0. The minimum absolute atomic E-state index is 0.190. The largest absolute Gasteiger partial charge is 0.493 e. The molecule has 0 aliphatic carbocycles. The summed E-state index contributed by atoms with van der Waals surface area (Å²) in [6, 6.07) is 5.34. The predicted octanol–water partition coefficient (Wildman–Crippen LogP) is 1.31. The first kappa shape index (κ1) is 17.5. The normalized spacial score (nSPS) is 17.4. The minimum Gasteiger partial charge on any atom is -0.493 e. The molecule has 1 aliphatic heterocycles. The Balaban J connectivity index is 2.15. The molecule has 0 spiro atoms. The van der Waals surface area contributed by atoms with Gasteiger partial charge in [0.1, 0.15) is 0 Å². The highest BCUT2D eigenvalue weighted by Gasteiger charge is 2.25. The molecule has 8 nitrogen and oxygen atoms in total. The van der Waals surface area contributed by atoms with Crippen LogP contribution in [0.3, 0.4) is 0 Å². The second-order valence-electron chi connectivity index (χ2n) is 4.32. The highest BCUT2D eigenvalue weighted by Crippen LogP contribution is 2.29. The van der Waals surface area contributed by atoms with Crippen LogP contribution < -0.4 is 14.8 Å². The van der Waals surface area contributed by atoms with E-state index in [1.54, 1.807) is 25.3 Å². The third kappa shape index (κ3) is 4.13. The highest BCUT2D eigenvalue weighted by molar-refractivity contribution is 8.18. The molecule has 1 saturated heterocycles. The van der Waals surface area contributed by atoms with Gasteiger partial charge in [-0.05, 0) is 23.9 Å². The van der Waals surface area contributed by atoms with Gasteiger partial charge in [0.15, 0.2) is 16.7 Å². The van der Waals surface area contributed by atoms with Crippen molar-refractivity contribution < 1.29 is 23.8 Å². The summed E-state index contributed by atoms with van der Waals surface area (Å²) in [5.41, 5.74) is 0.667. The maximum atomic E-state index is 11.7. The SMILES string of the molecule is COC(=O)/C=C1/S/C(=N\N=Cc2cccc(OC)c2OC)NC1=O. The number of benzene rings is 1. The third-order valence-electron chi connectivity index (χ3n) is 2.88. The zero-order valence-corrected chi connectivity index (χ0v) is 14.0. The van der Waals surface area contributed by atoms with E-state index in [1.165, 1.54) is 20.4 Å². The van der Waals surface area contributed by atoms with Gasteiger partial charge < -0.3 is 14.2 Å². The smallest absolute Gasteiger partial charge is 0.331 e. The molecular weight excluding hydrogens is 334 g/mol. The third-order valence-corrected chi connectivity index (χ3v) is 3.78. The molecule has 9 heteroatoms. The van der Waals surface area contributed by atoms with E-state index in [4.69, 9.17) is 9.47 Å². The number of rotatable bonds is 5. The average molecular weight is 349 g/mol. The fourth-order valence-electron chi connectivity index (χ4n) is 1.80. The van der Waals surface area contributed by atoms with E-state index < -0.39 is 11.9 Å². The van der Waals surface area contributed by atoms with Gasteiger partial charge in [0.05, 0.1) is 32.4 Å². The highest BCUT2D eigenvalue weighted by atomic mass is 32.2. The quantitative estimate of drug-likeness (QED) is 0.372. The molecule has 0 aromatic heterocycles. The van der Waals surface area contributed by atoms with Gasteiger partial charge in [0.2, 0.25) is 0 Å². The molecule has 24 heavy (non-hydrogen) atoms. The summed E-state index contributed by atoms with van der Waals surface area (Å²) in [4.78, 5) is 23.0. The Hall–Kier alpha value is -2.81. The Morgan fingerprint density at radius 1 is 1.25 bits per heavy atom. The first-order valence-electron chi connectivity index (χ1n) is 6.70. The van der Waals surface area contributed by atoms with Crippen LogP contribution in [0, 0.1) is 0 Å². The van der Waals surface area contributed by atoms with Gasteiger partial charge in [0, 0.05) is 11.6 Å². The van der Waals surface area contributed by atoms with Gasteiger partial charge in [-0.25, -0.2) is 4.79 Å². The molecule has 126 valence electrons. The van der Waals surface area contributed by atoms with E-state index >= 15 is 0 Å². The Morgan fingerprint density at radius 2 is 2.04 bits per heavy atom. The van der Waals surface area contributed by atoms with E-state index in [-0.39, 0.29) is 10.1 Å². The molecule has 2 rings (SSSR count). The van der Waals surface area contributed by atoms with Gasteiger partial charge in [-0.3, -0.25) is 10.1 Å². The number of nitrogens with one attached hydrogen (secondary N) is 1. The van der Waals surface area contributed by atoms with Crippen LogP contribution in [0.2, 0.25) is 0 Å². The number of ether oxygens (including phenoxy) is 3. The Bertz CT molecular complexity index is 743. The number of para-hydroxylation sites is 1. The summed E-state index contributed by atoms with van der Waals surface area (Å²) in [5.74, 6) is 0.0520. The molecule has 1 aromatic rings. The minimum atomic E-state index is -0.612. The number of thioether (sulfide) groups is 1. The van der Waals surface area contributed by atoms with Crippen molar-refractivity contribution in [1.29, 1.82) is 0 Å². The van der Waals surface area contributed by atoms with E-state index in [1.807, 2.05) is 0 Å². The molecule has 1 N–H and O–H groups in total. The lowest BCUT2D eigenvalue weighted by atomic mass is 10.2. The van der Waals surface area contributed by atoms with E-state index in [9.17, 15) is 9.59 Å². The number of amidine groups is 1. The molecule has 0 bridgehead atoms. The van der Waals surface area contributed by atoms with E-state index in [0.717, 1.165) is 17.8 Å². The Morgan fingerprint density at radius 3 is 2.71 bits per heavy atom. The summed E-state index contributed by atoms with van der Waals surface area (Å²) in [7, 11) is 4.30. The van der Waals surface area contributed by atoms with E-state index in [0.29, 0.717) is 17.1 Å². The van der Waals surface area contributed by atoms with Gasteiger partial charge in [-0.15, -0.1) is 5.10 Å². The first-order valence-corrected chi connectivity index (χ1v) is 7.51. The number of methoxy groups -OCH3 is 3. The van der Waals surface area contributed by atoms with Crippen molar-refractivity contribution >= 4 is 35.0 Å². The van der Waals surface area contributed by atoms with Crippen LogP contribution in [-0.4, -0.2) is 44.6 Å². The Labute approximate surface area is 142 Å². The fraction of sp³-hybridized carbons (Fsp3) is 0.200. The van der Waals surface area contributed by atoms with E-state index in [2.05, 4.69) is 20.3 Å².